The van der Waals surface area contributed by atoms with Crippen LogP contribution in [-0.4, -0.2) is 14.6 Å². The monoisotopic (exact) mass is 344 g/mol. The number of aromatic nitrogens is 3. The summed E-state index contributed by atoms with van der Waals surface area (Å²) in [5.41, 5.74) is 3.38. The van der Waals surface area contributed by atoms with Crippen LogP contribution in [0.25, 0.3) is 28.2 Å². The van der Waals surface area contributed by atoms with E-state index in [4.69, 9.17) is 5.26 Å². The number of rotatable bonds is 2. The second kappa shape index (κ2) is 5.97. The minimum atomic E-state index is -0.395. The molecule has 5 nitrogen and oxygen atoms in total. The second-order valence-corrected chi connectivity index (χ2v) is 5.93. The molecular formula is C20H13FN4O. The normalized spacial score (nSPS) is 10.8. The lowest BCUT2D eigenvalue weighted by Crippen LogP contribution is -2.14. The number of benzene rings is 2. The molecule has 126 valence electrons. The summed E-state index contributed by atoms with van der Waals surface area (Å²) in [6.07, 6.45) is 0. The number of aryl methyl sites for hydroxylation is 1. The highest BCUT2D eigenvalue weighted by molar-refractivity contribution is 5.72. The van der Waals surface area contributed by atoms with E-state index in [0.717, 1.165) is 5.56 Å². The highest BCUT2D eigenvalue weighted by atomic mass is 19.1. The molecule has 0 bridgehead atoms. The predicted octanol–water partition coefficient (Wildman–Crippen LogP) is 3.68. The molecule has 2 aromatic heterocycles. The molecule has 2 heterocycles. The molecule has 0 amide bonds. The van der Waals surface area contributed by atoms with Crippen LogP contribution in [-0.2, 0) is 0 Å². The van der Waals surface area contributed by atoms with Gasteiger partial charge in [-0.1, -0.05) is 24.3 Å². The van der Waals surface area contributed by atoms with Crippen LogP contribution in [0.5, 0.6) is 0 Å². The molecule has 2 aromatic carbocycles. The standard InChI is InChI=1S/C20H13FN4O/c1-12-19(15-7-2-3-8-16(15)21)24-25-18(26)10-17(23-20(12)25)14-6-4-5-13(9-14)11-22/h2-10,23H,1H3. The van der Waals surface area contributed by atoms with Crippen molar-refractivity contribution in [1.82, 2.24) is 14.6 Å². The molecule has 0 unspecified atom stereocenters. The van der Waals surface area contributed by atoms with E-state index in [1.54, 1.807) is 43.3 Å². The van der Waals surface area contributed by atoms with E-state index >= 15 is 0 Å². The summed E-state index contributed by atoms with van der Waals surface area (Å²) in [4.78, 5) is 15.7. The van der Waals surface area contributed by atoms with Crippen molar-refractivity contribution in [2.24, 2.45) is 0 Å². The maximum Gasteiger partial charge on any atom is 0.274 e. The zero-order valence-corrected chi connectivity index (χ0v) is 13.8. The predicted molar refractivity (Wildman–Crippen MR) is 96.1 cm³/mol. The molecule has 0 saturated heterocycles. The van der Waals surface area contributed by atoms with Gasteiger partial charge in [0.05, 0.1) is 17.3 Å². The Hall–Kier alpha value is -3.72. The first kappa shape index (κ1) is 15.8. The Bertz CT molecular complexity index is 1250. The highest BCUT2D eigenvalue weighted by Gasteiger charge is 2.17. The number of fused-ring (bicyclic) bond motifs is 1. The van der Waals surface area contributed by atoms with Gasteiger partial charge in [0.25, 0.3) is 5.56 Å². The van der Waals surface area contributed by atoms with Gasteiger partial charge in [-0.3, -0.25) is 4.79 Å². The van der Waals surface area contributed by atoms with Crippen LogP contribution in [0.2, 0.25) is 0 Å². The van der Waals surface area contributed by atoms with E-state index < -0.39 is 5.82 Å². The first-order valence-electron chi connectivity index (χ1n) is 7.96. The van der Waals surface area contributed by atoms with Gasteiger partial charge in [-0.2, -0.15) is 14.9 Å². The van der Waals surface area contributed by atoms with Crippen LogP contribution in [0.4, 0.5) is 4.39 Å². The number of nitrogens with zero attached hydrogens (tertiary/aromatic N) is 3. The van der Waals surface area contributed by atoms with E-state index in [9.17, 15) is 9.18 Å². The lowest BCUT2D eigenvalue weighted by molar-refractivity contribution is 0.630. The number of hydrogen-bond donors (Lipinski definition) is 1. The average Bonchev–Trinajstić information content (AvgIpc) is 2.99. The van der Waals surface area contributed by atoms with Crippen molar-refractivity contribution in [2.45, 2.75) is 6.92 Å². The summed E-state index contributed by atoms with van der Waals surface area (Å²) < 4.78 is 15.4. The van der Waals surface area contributed by atoms with E-state index in [1.807, 2.05) is 6.07 Å². The third kappa shape index (κ3) is 2.47. The van der Waals surface area contributed by atoms with Gasteiger partial charge in [0.2, 0.25) is 0 Å². The lowest BCUT2D eigenvalue weighted by Gasteiger charge is -2.04. The number of H-pyrrole nitrogens is 1. The van der Waals surface area contributed by atoms with Crippen molar-refractivity contribution in [3.8, 4) is 28.6 Å². The summed E-state index contributed by atoms with van der Waals surface area (Å²) in [7, 11) is 0. The van der Waals surface area contributed by atoms with Crippen molar-refractivity contribution in [2.75, 3.05) is 0 Å². The van der Waals surface area contributed by atoms with E-state index in [0.29, 0.717) is 33.7 Å². The molecule has 0 spiro atoms. The van der Waals surface area contributed by atoms with Gasteiger partial charge >= 0.3 is 0 Å². The van der Waals surface area contributed by atoms with Crippen LogP contribution in [0.1, 0.15) is 11.1 Å². The Labute approximate surface area is 148 Å². The summed E-state index contributed by atoms with van der Waals surface area (Å²) >= 11 is 0. The molecule has 0 fully saturated rings. The summed E-state index contributed by atoms with van der Waals surface area (Å²) in [5.74, 6) is -0.395. The highest BCUT2D eigenvalue weighted by Crippen LogP contribution is 2.27. The number of nitrogens with one attached hydrogen (secondary N) is 1. The molecule has 4 aromatic rings. The molecule has 0 atom stereocenters. The zero-order chi connectivity index (χ0) is 18.3. The zero-order valence-electron chi connectivity index (χ0n) is 13.8. The molecule has 0 aliphatic rings. The van der Waals surface area contributed by atoms with Gasteiger partial charge < -0.3 is 4.98 Å². The molecule has 6 heteroatoms. The van der Waals surface area contributed by atoms with Crippen molar-refractivity contribution >= 4 is 5.65 Å². The fraction of sp³-hybridized carbons (Fsp3) is 0.0500. The fourth-order valence-electron chi connectivity index (χ4n) is 2.97. The van der Waals surface area contributed by atoms with Crippen molar-refractivity contribution in [1.29, 1.82) is 5.26 Å². The molecule has 26 heavy (non-hydrogen) atoms. The van der Waals surface area contributed by atoms with Gasteiger partial charge in [-0.05, 0) is 36.8 Å². The van der Waals surface area contributed by atoms with Gasteiger partial charge in [0.15, 0.2) is 0 Å². The van der Waals surface area contributed by atoms with E-state index in [1.165, 1.54) is 16.6 Å². The first-order valence-corrected chi connectivity index (χ1v) is 7.96. The average molecular weight is 344 g/mol. The number of halogens is 1. The Morgan fingerprint density at radius 2 is 1.96 bits per heavy atom. The van der Waals surface area contributed by atoms with Crippen LogP contribution in [0.15, 0.2) is 59.4 Å². The molecule has 0 radical (unpaired) electrons. The molecule has 0 aliphatic heterocycles. The third-order valence-corrected chi connectivity index (χ3v) is 4.28. The number of hydrogen-bond acceptors (Lipinski definition) is 3. The van der Waals surface area contributed by atoms with E-state index in [-0.39, 0.29) is 5.56 Å². The number of aromatic amines is 1. The minimum Gasteiger partial charge on any atom is -0.339 e. The molecule has 4 rings (SSSR count). The minimum absolute atomic E-state index is 0.332. The molecule has 0 saturated carbocycles. The van der Waals surface area contributed by atoms with Gasteiger partial charge in [0.1, 0.15) is 17.2 Å². The quantitative estimate of drug-likeness (QED) is 0.603. The van der Waals surface area contributed by atoms with Crippen LogP contribution < -0.4 is 5.56 Å². The Morgan fingerprint density at radius 1 is 1.15 bits per heavy atom. The smallest absolute Gasteiger partial charge is 0.274 e. The largest absolute Gasteiger partial charge is 0.339 e. The Balaban J connectivity index is 1.96. The number of nitriles is 1. The summed E-state index contributed by atoms with van der Waals surface area (Å²) in [6.45, 7) is 1.79. The fourth-order valence-corrected chi connectivity index (χ4v) is 2.97. The van der Waals surface area contributed by atoms with Crippen LogP contribution in [0, 0.1) is 24.1 Å². The van der Waals surface area contributed by atoms with Crippen LogP contribution >= 0.6 is 0 Å². The SMILES string of the molecule is Cc1c(-c2ccccc2F)nn2c(=O)cc(-c3cccc(C#N)c3)[nH]c12. The third-order valence-electron chi connectivity index (χ3n) is 4.28. The maximum absolute atomic E-state index is 14.1. The molecular weight excluding hydrogens is 331 g/mol. The Kier molecular flexibility index (Phi) is 3.63. The van der Waals surface area contributed by atoms with E-state index in [2.05, 4.69) is 16.2 Å². The lowest BCUT2D eigenvalue weighted by atomic mass is 10.1. The van der Waals surface area contributed by atoms with Crippen molar-refractivity contribution in [3.05, 3.63) is 81.9 Å². The Morgan fingerprint density at radius 3 is 2.73 bits per heavy atom. The summed E-state index contributed by atoms with van der Waals surface area (Å²) in [5, 5.41) is 13.4. The van der Waals surface area contributed by atoms with Gasteiger partial charge in [-0.25, -0.2) is 4.39 Å². The second-order valence-electron chi connectivity index (χ2n) is 5.93. The molecule has 1 N–H and O–H groups in total. The topological polar surface area (TPSA) is 74.0 Å². The first-order chi connectivity index (χ1) is 12.6. The van der Waals surface area contributed by atoms with Crippen LogP contribution in [0.3, 0.4) is 0 Å². The van der Waals surface area contributed by atoms with Gasteiger partial charge in [0, 0.05) is 17.2 Å². The maximum atomic E-state index is 14.1. The molecule has 0 aliphatic carbocycles. The van der Waals surface area contributed by atoms with Crippen molar-refractivity contribution < 1.29 is 4.39 Å². The van der Waals surface area contributed by atoms with Gasteiger partial charge in [-0.15, -0.1) is 0 Å². The van der Waals surface area contributed by atoms with Crippen molar-refractivity contribution in [3.63, 3.8) is 0 Å². The summed E-state index contributed by atoms with van der Waals surface area (Å²) in [6, 6.07) is 16.8.